The lowest BCUT2D eigenvalue weighted by molar-refractivity contribution is -0.0309. The number of carboxylic acids is 1. The summed E-state index contributed by atoms with van der Waals surface area (Å²) in [5, 5.41) is 23.2. The van der Waals surface area contributed by atoms with Gasteiger partial charge in [0.2, 0.25) is 0 Å². The molecule has 0 saturated carbocycles. The Morgan fingerprint density at radius 3 is 2.10 bits per heavy atom. The van der Waals surface area contributed by atoms with Gasteiger partial charge in [0.05, 0.1) is 16.2 Å². The van der Waals surface area contributed by atoms with Gasteiger partial charge < -0.3 is 29.9 Å². The molecule has 0 aromatic heterocycles. The van der Waals surface area contributed by atoms with Gasteiger partial charge in [-0.15, -0.1) is 0 Å². The number of rotatable bonds is 10. The summed E-state index contributed by atoms with van der Waals surface area (Å²) in [4.78, 5) is 26.1. The molecule has 3 aromatic rings. The maximum atomic E-state index is 13.4. The molecule has 3 N–H and O–H groups in total. The number of aliphatic hydroxyl groups is 1. The third kappa shape index (κ3) is 8.11. The van der Waals surface area contributed by atoms with Crippen molar-refractivity contribution in [2.24, 2.45) is 5.92 Å². The number of anilines is 1. The van der Waals surface area contributed by atoms with E-state index in [4.69, 9.17) is 21.1 Å². The van der Waals surface area contributed by atoms with E-state index >= 15 is 0 Å². The molecular weight excluding hydrogens is 551 g/mol. The van der Waals surface area contributed by atoms with Crippen molar-refractivity contribution in [2.45, 2.75) is 51.6 Å². The summed E-state index contributed by atoms with van der Waals surface area (Å²) in [5.74, 6) is 0.155. The summed E-state index contributed by atoms with van der Waals surface area (Å²) < 4.78 is 25.2. The number of ether oxygens (including phenoxy) is 2. The van der Waals surface area contributed by atoms with Crippen molar-refractivity contribution in [1.29, 1.82) is 0 Å². The van der Waals surface area contributed by atoms with Gasteiger partial charge in [0, 0.05) is 43.0 Å². The van der Waals surface area contributed by atoms with Crippen molar-refractivity contribution in [2.75, 3.05) is 18.4 Å². The Morgan fingerprint density at radius 2 is 1.54 bits per heavy atom. The van der Waals surface area contributed by atoms with Crippen molar-refractivity contribution < 1.29 is 33.7 Å². The number of hydrogen-bond acceptors (Lipinski definition) is 5. The Morgan fingerprint density at radius 1 is 0.951 bits per heavy atom. The summed E-state index contributed by atoms with van der Waals surface area (Å²) in [5.41, 5.74) is -0.445. The van der Waals surface area contributed by atoms with Crippen LogP contribution in [0.15, 0.2) is 60.7 Å². The van der Waals surface area contributed by atoms with E-state index in [1.54, 1.807) is 23.1 Å². The zero-order valence-electron chi connectivity index (χ0n) is 23.0. The fourth-order valence-electron chi connectivity index (χ4n) is 4.92. The number of amides is 2. The van der Waals surface area contributed by atoms with Crippen LogP contribution < -0.4 is 14.8 Å². The molecule has 4 rings (SSSR count). The van der Waals surface area contributed by atoms with Crippen molar-refractivity contribution >= 4 is 29.3 Å². The first-order chi connectivity index (χ1) is 19.6. The Labute approximate surface area is 243 Å². The van der Waals surface area contributed by atoms with Crippen LogP contribution in [-0.2, 0) is 0 Å². The second-order valence-electron chi connectivity index (χ2n) is 10.3. The minimum absolute atomic E-state index is 0.0106. The summed E-state index contributed by atoms with van der Waals surface area (Å²) >= 11 is 6.10. The van der Waals surface area contributed by atoms with E-state index in [0.29, 0.717) is 49.0 Å². The average molecular weight is 585 g/mol. The maximum absolute atomic E-state index is 13.4. The van der Waals surface area contributed by atoms with Gasteiger partial charge in [-0.3, -0.25) is 0 Å². The molecule has 0 bridgehead atoms. The number of nitrogens with zero attached hydrogens (tertiary/aromatic N) is 1. The number of piperidine rings is 1. The summed E-state index contributed by atoms with van der Waals surface area (Å²) in [6.45, 7) is 5.11. The van der Waals surface area contributed by atoms with Crippen molar-refractivity contribution in [3.8, 4) is 23.0 Å². The number of hydrogen-bond donors (Lipinski definition) is 3. The molecule has 1 fully saturated rings. The first-order valence-electron chi connectivity index (χ1n) is 13.6. The van der Waals surface area contributed by atoms with Crippen LogP contribution in [0, 0.1) is 11.7 Å². The highest BCUT2D eigenvalue weighted by Gasteiger charge is 2.35. The highest BCUT2D eigenvalue weighted by molar-refractivity contribution is 6.33. The molecule has 0 atom stereocenters. The number of benzene rings is 3. The van der Waals surface area contributed by atoms with E-state index in [-0.39, 0.29) is 28.1 Å². The number of carbonyl (C=O) groups is 2. The van der Waals surface area contributed by atoms with Gasteiger partial charge in [-0.1, -0.05) is 38.3 Å². The number of halogens is 2. The van der Waals surface area contributed by atoms with E-state index in [1.165, 1.54) is 42.5 Å². The van der Waals surface area contributed by atoms with Crippen molar-refractivity contribution in [3.05, 3.63) is 77.1 Å². The largest absolute Gasteiger partial charge is 0.478 e. The van der Waals surface area contributed by atoms with Gasteiger partial charge in [0.1, 0.15) is 28.8 Å². The van der Waals surface area contributed by atoms with E-state index in [1.807, 2.05) is 0 Å². The van der Waals surface area contributed by atoms with Crippen LogP contribution in [0.3, 0.4) is 0 Å². The number of aromatic carboxylic acids is 1. The normalized spacial score (nSPS) is 14.5. The molecule has 8 nitrogen and oxygen atoms in total. The molecule has 41 heavy (non-hydrogen) atoms. The second kappa shape index (κ2) is 13.2. The summed E-state index contributed by atoms with van der Waals surface area (Å²) in [7, 11) is 0. The van der Waals surface area contributed by atoms with Crippen LogP contribution in [-0.4, -0.2) is 45.8 Å². The van der Waals surface area contributed by atoms with Gasteiger partial charge in [0.25, 0.3) is 0 Å². The Kier molecular flexibility index (Phi) is 9.73. The van der Waals surface area contributed by atoms with Crippen molar-refractivity contribution in [3.63, 3.8) is 0 Å². The predicted octanol–water partition coefficient (Wildman–Crippen LogP) is 7.95. The maximum Gasteiger partial charge on any atom is 0.337 e. The lowest BCUT2D eigenvalue weighted by Gasteiger charge is -2.39. The van der Waals surface area contributed by atoms with E-state index in [2.05, 4.69) is 19.2 Å². The molecule has 0 spiro atoms. The topological polar surface area (TPSA) is 108 Å². The molecule has 0 aliphatic carbocycles. The van der Waals surface area contributed by atoms with Gasteiger partial charge in [0.15, 0.2) is 0 Å². The molecule has 1 aliphatic heterocycles. The number of likely N-dealkylation sites (tertiary alicyclic amines) is 1. The minimum Gasteiger partial charge on any atom is -0.478 e. The second-order valence-corrected chi connectivity index (χ2v) is 10.7. The third-order valence-corrected chi connectivity index (χ3v) is 7.70. The number of nitrogens with one attached hydrogen (secondary N) is 1. The molecule has 0 radical (unpaired) electrons. The number of urea groups is 1. The van der Waals surface area contributed by atoms with E-state index in [0.717, 1.165) is 19.3 Å². The lowest BCUT2D eigenvalue weighted by atomic mass is 9.81. The first kappa shape index (κ1) is 30.1. The standard InChI is InChI=1S/C31H34ClFN2O6/c1-3-20(4-2)19-31(39)11-13-35(14-12-31)30(38)34-22-15-25(40-23-7-5-21(33)6-8-23)17-26(16-22)41-24-9-10-27(29(36)37)28(32)18-24/h5-10,15-18,20,39H,3-4,11-14,19H2,1-2H3,(H,34,38)(H,36,37). The van der Waals surface area contributed by atoms with Gasteiger partial charge >= 0.3 is 12.0 Å². The predicted molar refractivity (Wildman–Crippen MR) is 155 cm³/mol. The van der Waals surface area contributed by atoms with E-state index in [9.17, 15) is 24.2 Å². The Hall–Kier alpha value is -3.82. The van der Waals surface area contributed by atoms with Gasteiger partial charge in [-0.2, -0.15) is 0 Å². The van der Waals surface area contributed by atoms with Crippen LogP contribution in [0.5, 0.6) is 23.0 Å². The quantitative estimate of drug-likeness (QED) is 0.223. The highest BCUT2D eigenvalue weighted by atomic mass is 35.5. The Bertz CT molecular complexity index is 1370. The fraction of sp³-hybridized carbons (Fsp3) is 0.355. The zero-order valence-corrected chi connectivity index (χ0v) is 23.8. The molecule has 3 aromatic carbocycles. The third-order valence-electron chi connectivity index (χ3n) is 7.39. The lowest BCUT2D eigenvalue weighted by Crippen LogP contribution is -2.48. The molecule has 10 heteroatoms. The van der Waals surface area contributed by atoms with Crippen LogP contribution in [0.1, 0.15) is 56.3 Å². The summed E-state index contributed by atoms with van der Waals surface area (Å²) in [6, 6.07) is 14.1. The highest BCUT2D eigenvalue weighted by Crippen LogP contribution is 2.35. The number of carboxylic acid groups (broad SMARTS) is 1. The van der Waals surface area contributed by atoms with Crippen LogP contribution in [0.25, 0.3) is 0 Å². The van der Waals surface area contributed by atoms with Crippen molar-refractivity contribution in [1.82, 2.24) is 4.90 Å². The molecule has 1 heterocycles. The molecule has 1 aliphatic rings. The molecule has 2 amide bonds. The Balaban J connectivity index is 1.51. The van der Waals surface area contributed by atoms with Crippen LogP contribution in [0.4, 0.5) is 14.9 Å². The SMILES string of the molecule is CCC(CC)CC1(O)CCN(C(=O)Nc2cc(Oc3ccc(F)cc3)cc(Oc3ccc(C(=O)O)c(Cl)c3)c2)CC1. The zero-order chi connectivity index (χ0) is 29.6. The van der Waals surface area contributed by atoms with E-state index < -0.39 is 17.4 Å². The fourth-order valence-corrected chi connectivity index (χ4v) is 5.17. The van der Waals surface area contributed by atoms with Crippen LogP contribution >= 0.6 is 11.6 Å². The molecule has 218 valence electrons. The molecular formula is C31H34ClFN2O6. The van der Waals surface area contributed by atoms with Crippen LogP contribution in [0.2, 0.25) is 5.02 Å². The first-order valence-corrected chi connectivity index (χ1v) is 14.0. The van der Waals surface area contributed by atoms with Gasteiger partial charge in [-0.25, -0.2) is 14.0 Å². The summed E-state index contributed by atoms with van der Waals surface area (Å²) in [6.07, 6.45) is 3.77. The molecule has 0 unspecified atom stereocenters. The number of carbonyl (C=O) groups excluding carboxylic acids is 1. The average Bonchev–Trinajstić information content (AvgIpc) is 2.93. The van der Waals surface area contributed by atoms with Gasteiger partial charge in [-0.05, 0) is 61.6 Å². The minimum atomic E-state index is -1.16. The smallest absolute Gasteiger partial charge is 0.337 e. The monoisotopic (exact) mass is 584 g/mol. The molecule has 1 saturated heterocycles.